The van der Waals surface area contributed by atoms with Gasteiger partial charge in [0.2, 0.25) is 0 Å². The zero-order chi connectivity index (χ0) is 15.0. The Labute approximate surface area is 119 Å². The lowest BCUT2D eigenvalue weighted by molar-refractivity contribution is 0.0533. The lowest BCUT2D eigenvalue weighted by Crippen LogP contribution is -2.40. The van der Waals surface area contributed by atoms with Crippen molar-refractivity contribution in [1.29, 1.82) is 0 Å². The number of aliphatic hydroxyl groups is 1. The van der Waals surface area contributed by atoms with Gasteiger partial charge in [0, 0.05) is 31.0 Å². The van der Waals surface area contributed by atoms with Crippen LogP contribution >= 0.6 is 0 Å². The lowest BCUT2D eigenvalue weighted by Gasteiger charge is -2.20. The number of ether oxygens (including phenoxy) is 1. The second kappa shape index (κ2) is 5.30. The molecular formula is C13H16N4O4. The number of nitrogens with zero attached hydrogens (tertiary/aromatic N) is 3. The molecule has 1 aliphatic heterocycles. The predicted molar refractivity (Wildman–Crippen MR) is 73.3 cm³/mol. The molecule has 0 aliphatic carbocycles. The van der Waals surface area contributed by atoms with E-state index in [1.54, 1.807) is 13.0 Å². The Bertz CT molecular complexity index is 735. The highest BCUT2D eigenvalue weighted by molar-refractivity contribution is 5.93. The second-order valence-electron chi connectivity index (χ2n) is 5.09. The number of fused-ring (bicyclic) bond motifs is 1. The SMILES string of the molecule is Cc1cc2ncc(C(=O)N3CCOC[C@@H](O)C3)c(=O)n2[nH]1. The maximum Gasteiger partial charge on any atom is 0.285 e. The number of aryl methyl sites for hydroxylation is 1. The molecule has 2 N–H and O–H groups in total. The fraction of sp³-hybridized carbons (Fsp3) is 0.462. The van der Waals surface area contributed by atoms with Gasteiger partial charge in [0.05, 0.1) is 19.3 Å². The Morgan fingerprint density at radius 3 is 3.19 bits per heavy atom. The van der Waals surface area contributed by atoms with Crippen molar-refractivity contribution in [3.8, 4) is 0 Å². The van der Waals surface area contributed by atoms with Crippen LogP contribution in [0.5, 0.6) is 0 Å². The maximum atomic E-state index is 12.5. The molecule has 112 valence electrons. The summed E-state index contributed by atoms with van der Waals surface area (Å²) in [6.45, 7) is 2.81. The van der Waals surface area contributed by atoms with E-state index in [1.807, 2.05) is 0 Å². The first-order chi connectivity index (χ1) is 10.1. The molecule has 0 bridgehead atoms. The molecule has 8 heteroatoms. The molecule has 0 radical (unpaired) electrons. The van der Waals surface area contributed by atoms with E-state index in [1.165, 1.54) is 15.6 Å². The van der Waals surface area contributed by atoms with Gasteiger partial charge in [-0.1, -0.05) is 0 Å². The Morgan fingerprint density at radius 2 is 2.38 bits per heavy atom. The normalized spacial score (nSPS) is 19.7. The minimum Gasteiger partial charge on any atom is -0.389 e. The summed E-state index contributed by atoms with van der Waals surface area (Å²) in [5, 5.41) is 12.5. The van der Waals surface area contributed by atoms with Gasteiger partial charge in [-0.25, -0.2) is 9.50 Å². The first kappa shape index (κ1) is 13.8. The highest BCUT2D eigenvalue weighted by atomic mass is 16.5. The minimum atomic E-state index is -0.747. The van der Waals surface area contributed by atoms with Crippen LogP contribution in [0.25, 0.3) is 5.65 Å². The van der Waals surface area contributed by atoms with Gasteiger partial charge in [-0.15, -0.1) is 0 Å². The Kier molecular flexibility index (Phi) is 3.48. The summed E-state index contributed by atoms with van der Waals surface area (Å²) in [5.41, 5.74) is 0.775. The average molecular weight is 292 g/mol. The van der Waals surface area contributed by atoms with Crippen LogP contribution < -0.4 is 5.56 Å². The molecule has 0 unspecified atom stereocenters. The van der Waals surface area contributed by atoms with Gasteiger partial charge in [-0.3, -0.25) is 14.7 Å². The molecule has 21 heavy (non-hydrogen) atoms. The summed E-state index contributed by atoms with van der Waals surface area (Å²) in [7, 11) is 0. The molecule has 3 heterocycles. The number of β-amino-alcohol motifs (C(OH)–C–C–N with tert-alkyl or cyclic N) is 1. The van der Waals surface area contributed by atoms with Crippen molar-refractivity contribution >= 4 is 11.6 Å². The van der Waals surface area contributed by atoms with E-state index in [0.717, 1.165) is 5.69 Å². The van der Waals surface area contributed by atoms with Crippen LogP contribution in [0.2, 0.25) is 0 Å². The highest BCUT2D eigenvalue weighted by Crippen LogP contribution is 2.06. The molecule has 0 saturated carbocycles. The largest absolute Gasteiger partial charge is 0.389 e. The third-order valence-electron chi connectivity index (χ3n) is 3.39. The molecule has 1 amide bonds. The van der Waals surface area contributed by atoms with Crippen LogP contribution in [0.3, 0.4) is 0 Å². The van der Waals surface area contributed by atoms with Crippen LogP contribution in [-0.4, -0.2) is 62.9 Å². The van der Waals surface area contributed by atoms with E-state index in [-0.39, 0.29) is 18.7 Å². The molecule has 1 fully saturated rings. The summed E-state index contributed by atoms with van der Waals surface area (Å²) in [5.74, 6) is -0.446. The van der Waals surface area contributed by atoms with Crippen molar-refractivity contribution in [1.82, 2.24) is 19.5 Å². The number of aliphatic hydroxyl groups excluding tert-OH is 1. The third kappa shape index (κ3) is 2.55. The summed E-state index contributed by atoms with van der Waals surface area (Å²) in [6, 6.07) is 1.72. The average Bonchev–Trinajstić information content (AvgIpc) is 2.69. The summed E-state index contributed by atoms with van der Waals surface area (Å²) in [6.07, 6.45) is 0.537. The van der Waals surface area contributed by atoms with Gasteiger partial charge in [0.1, 0.15) is 5.56 Å². The first-order valence-corrected chi connectivity index (χ1v) is 6.69. The predicted octanol–water partition coefficient (Wildman–Crippen LogP) is -0.836. The van der Waals surface area contributed by atoms with Crippen LogP contribution in [0, 0.1) is 6.92 Å². The van der Waals surface area contributed by atoms with Crippen molar-refractivity contribution in [3.63, 3.8) is 0 Å². The van der Waals surface area contributed by atoms with E-state index in [2.05, 4.69) is 10.1 Å². The number of nitrogens with one attached hydrogen (secondary N) is 1. The molecule has 8 nitrogen and oxygen atoms in total. The fourth-order valence-electron chi connectivity index (χ4n) is 2.37. The van der Waals surface area contributed by atoms with Crippen LogP contribution in [-0.2, 0) is 4.74 Å². The van der Waals surface area contributed by atoms with Crippen molar-refractivity contribution < 1.29 is 14.6 Å². The van der Waals surface area contributed by atoms with Crippen LogP contribution in [0.4, 0.5) is 0 Å². The standard InChI is InChI=1S/C13H16N4O4/c1-8-4-11-14-5-10(13(20)17(11)15-8)12(19)16-2-3-21-7-9(18)6-16/h4-5,9,15,18H,2-3,6-7H2,1H3/t9-/m0/s1. The molecule has 1 aliphatic rings. The molecule has 2 aromatic heterocycles. The van der Waals surface area contributed by atoms with Crippen molar-refractivity contribution in [2.24, 2.45) is 0 Å². The molecule has 1 saturated heterocycles. The summed E-state index contributed by atoms with van der Waals surface area (Å²) >= 11 is 0. The second-order valence-corrected chi connectivity index (χ2v) is 5.09. The minimum absolute atomic E-state index is 0.0246. The number of carbonyl (C=O) groups is 1. The van der Waals surface area contributed by atoms with Crippen molar-refractivity contribution in [3.05, 3.63) is 33.9 Å². The van der Waals surface area contributed by atoms with Crippen molar-refractivity contribution in [2.75, 3.05) is 26.3 Å². The van der Waals surface area contributed by atoms with Crippen LogP contribution in [0.15, 0.2) is 17.1 Å². The number of aromatic nitrogens is 3. The fourth-order valence-corrected chi connectivity index (χ4v) is 2.37. The third-order valence-corrected chi connectivity index (χ3v) is 3.39. The van der Waals surface area contributed by atoms with Crippen LogP contribution in [0.1, 0.15) is 16.1 Å². The van der Waals surface area contributed by atoms with Gasteiger partial charge in [-0.2, -0.15) is 0 Å². The van der Waals surface area contributed by atoms with E-state index >= 15 is 0 Å². The molecule has 2 aromatic rings. The van der Waals surface area contributed by atoms with E-state index in [9.17, 15) is 14.7 Å². The number of H-pyrrole nitrogens is 1. The Balaban J connectivity index is 1.97. The molecular weight excluding hydrogens is 276 g/mol. The summed E-state index contributed by atoms with van der Waals surface area (Å²) < 4.78 is 6.42. The smallest absolute Gasteiger partial charge is 0.285 e. The zero-order valence-corrected chi connectivity index (χ0v) is 11.6. The number of amides is 1. The lowest BCUT2D eigenvalue weighted by atomic mass is 10.2. The van der Waals surface area contributed by atoms with E-state index in [4.69, 9.17) is 4.74 Å². The quantitative estimate of drug-likeness (QED) is 0.714. The Morgan fingerprint density at radius 1 is 1.57 bits per heavy atom. The highest BCUT2D eigenvalue weighted by Gasteiger charge is 2.24. The molecule has 0 spiro atoms. The van der Waals surface area contributed by atoms with Gasteiger partial charge < -0.3 is 14.7 Å². The topological polar surface area (TPSA) is 99.9 Å². The Hall–Kier alpha value is -2.19. The number of hydrogen-bond acceptors (Lipinski definition) is 5. The molecule has 0 aromatic carbocycles. The van der Waals surface area contributed by atoms with Gasteiger partial charge in [0.15, 0.2) is 5.65 Å². The number of carbonyl (C=O) groups excluding carboxylic acids is 1. The number of rotatable bonds is 1. The van der Waals surface area contributed by atoms with Gasteiger partial charge in [0.25, 0.3) is 11.5 Å². The van der Waals surface area contributed by atoms with E-state index in [0.29, 0.717) is 18.8 Å². The molecule has 1 atom stereocenters. The van der Waals surface area contributed by atoms with Gasteiger partial charge >= 0.3 is 0 Å². The van der Waals surface area contributed by atoms with Gasteiger partial charge in [-0.05, 0) is 6.92 Å². The number of aromatic amines is 1. The monoisotopic (exact) mass is 292 g/mol. The van der Waals surface area contributed by atoms with Crippen molar-refractivity contribution in [2.45, 2.75) is 13.0 Å². The summed E-state index contributed by atoms with van der Waals surface area (Å²) in [4.78, 5) is 30.3. The molecule has 3 rings (SSSR count). The maximum absolute atomic E-state index is 12.5. The number of hydrogen-bond donors (Lipinski definition) is 2. The first-order valence-electron chi connectivity index (χ1n) is 6.69. The zero-order valence-electron chi connectivity index (χ0n) is 11.6. The van der Waals surface area contributed by atoms with E-state index < -0.39 is 17.6 Å².